The number of ether oxygens (including phenoxy) is 5. The molecule has 2 saturated heterocycles. The number of hydrogen-bond acceptors (Lipinski definition) is 15. The van der Waals surface area contributed by atoms with Crippen LogP contribution in [0.1, 0.15) is 65.4 Å². The van der Waals surface area contributed by atoms with Gasteiger partial charge in [-0.15, -0.1) is 0 Å². The van der Waals surface area contributed by atoms with Crippen LogP contribution in [0.4, 0.5) is 10.5 Å². The molecule has 10 N–H and O–H groups in total. The summed E-state index contributed by atoms with van der Waals surface area (Å²) in [6, 6.07) is 2.17. The molecule has 0 saturated carbocycles. The Bertz CT molecular complexity index is 1560. The number of carbonyl (C=O) groups is 6. The minimum atomic E-state index is -1.98. The number of likely N-dealkylation sites (tertiary alicyclic amines) is 1. The van der Waals surface area contributed by atoms with Crippen LogP contribution in [0.15, 0.2) is 18.2 Å². The monoisotopic (exact) mass is 840 g/mol. The van der Waals surface area contributed by atoms with Gasteiger partial charge in [0.15, 0.2) is 6.10 Å². The third-order valence-corrected chi connectivity index (χ3v) is 9.60. The number of piperidine rings is 1. The maximum atomic E-state index is 13.3. The van der Waals surface area contributed by atoms with Crippen molar-refractivity contribution < 1.29 is 72.9 Å². The Labute approximate surface area is 342 Å². The number of aliphatic hydroxyl groups is 3. The summed E-state index contributed by atoms with van der Waals surface area (Å²) in [5, 5.41) is 51.4. The highest BCUT2D eigenvalue weighted by molar-refractivity contribution is 5.99. The standard InChI is InChI=1S/C38H60N6O15/c1-5-6-28(46)44-13-9-24(10-14-44)40-12-16-56-18-17-55-15-11-27(45)43-29(21(2)3)35(51)41-22(4)34(50)42-25-8-7-23(20-57-38(39)54)19-26(25)58-37-32(49)30(47)31(48)33(59-37)36(52)53/h7-8,19,21-22,24,29-33,37,40,47-49H,5-6,9-18,20H2,1-4H3,(H2,39,54)(H,41,51)(H,42,50)(H,43,45)(H,52,53)/t22-,29-,30-,31-,32+,33-,37+/m0/s1. The number of primary amides is 1. The van der Waals surface area contributed by atoms with Crippen molar-refractivity contribution in [2.75, 3.05) is 51.4 Å². The van der Waals surface area contributed by atoms with Gasteiger partial charge in [-0.05, 0) is 49.8 Å². The van der Waals surface area contributed by atoms with Crippen molar-refractivity contribution in [1.82, 2.24) is 20.9 Å². The molecule has 0 spiro atoms. The summed E-state index contributed by atoms with van der Waals surface area (Å²) in [6.07, 6.45) is -7.57. The fourth-order valence-electron chi connectivity index (χ4n) is 6.20. The highest BCUT2D eigenvalue weighted by Gasteiger charge is 2.48. The molecule has 2 aliphatic rings. The topological polar surface area (TPSA) is 307 Å². The van der Waals surface area contributed by atoms with Crippen LogP contribution in [0.3, 0.4) is 0 Å². The van der Waals surface area contributed by atoms with Gasteiger partial charge in [-0.3, -0.25) is 19.2 Å². The van der Waals surface area contributed by atoms with Gasteiger partial charge in [0.05, 0.1) is 32.1 Å². The lowest BCUT2D eigenvalue weighted by Crippen LogP contribution is -2.61. The van der Waals surface area contributed by atoms with Crippen LogP contribution < -0.4 is 31.7 Å². The van der Waals surface area contributed by atoms with Crippen molar-refractivity contribution in [3.63, 3.8) is 0 Å². The van der Waals surface area contributed by atoms with Gasteiger partial charge in [0.25, 0.3) is 0 Å². The molecular weight excluding hydrogens is 780 g/mol. The van der Waals surface area contributed by atoms with E-state index in [9.17, 15) is 49.2 Å². The number of aliphatic hydroxyl groups excluding tert-OH is 3. The second-order valence-electron chi connectivity index (χ2n) is 14.6. The SMILES string of the molecule is CCCC(=O)N1CCC(NCCOCCOCCC(=O)N[C@H](C(=O)N[C@@H](C)C(=O)Nc2ccc(COC(N)=O)cc2O[C@@H]2O[C@H](C(=O)O)[C@@H](O)[C@H](O)[C@H]2O)C(C)C)CC1. The Kier molecular flexibility index (Phi) is 20.2. The van der Waals surface area contributed by atoms with Crippen molar-refractivity contribution in [2.45, 2.75) is 115 Å². The van der Waals surface area contributed by atoms with Gasteiger partial charge in [0.2, 0.25) is 29.9 Å². The number of hydrogen-bond donors (Lipinski definition) is 9. The summed E-state index contributed by atoms with van der Waals surface area (Å²) >= 11 is 0. The van der Waals surface area contributed by atoms with Crippen LogP contribution in [0, 0.1) is 5.92 Å². The molecule has 332 valence electrons. The number of carboxylic acids is 1. The zero-order valence-electron chi connectivity index (χ0n) is 33.9. The lowest BCUT2D eigenvalue weighted by Gasteiger charge is -2.38. The normalized spacial score (nSPS) is 21.9. The first-order valence-corrected chi connectivity index (χ1v) is 19.7. The molecule has 0 aromatic heterocycles. The summed E-state index contributed by atoms with van der Waals surface area (Å²) in [4.78, 5) is 76.0. The van der Waals surface area contributed by atoms with Gasteiger partial charge >= 0.3 is 12.1 Å². The first kappa shape index (κ1) is 48.7. The highest BCUT2D eigenvalue weighted by atomic mass is 16.7. The smallest absolute Gasteiger partial charge is 0.404 e. The zero-order valence-corrected chi connectivity index (χ0v) is 33.9. The largest absolute Gasteiger partial charge is 0.479 e. The number of rotatable bonds is 23. The molecule has 5 amide bonds. The number of carboxylic acid groups (broad SMARTS) is 1. The summed E-state index contributed by atoms with van der Waals surface area (Å²) in [7, 11) is 0. The highest BCUT2D eigenvalue weighted by Crippen LogP contribution is 2.31. The first-order valence-electron chi connectivity index (χ1n) is 19.7. The number of aliphatic carboxylic acids is 1. The minimum absolute atomic E-state index is 0.0284. The molecule has 2 fully saturated rings. The third kappa shape index (κ3) is 15.8. The van der Waals surface area contributed by atoms with Crippen LogP contribution >= 0.6 is 0 Å². The molecule has 21 nitrogen and oxygen atoms in total. The van der Waals surface area contributed by atoms with Gasteiger partial charge in [0.1, 0.15) is 42.8 Å². The van der Waals surface area contributed by atoms with Crippen molar-refractivity contribution in [3.05, 3.63) is 23.8 Å². The Morgan fingerprint density at radius 3 is 2.20 bits per heavy atom. The van der Waals surface area contributed by atoms with Crippen LogP contribution in [0.25, 0.3) is 0 Å². The Morgan fingerprint density at radius 1 is 0.898 bits per heavy atom. The number of nitrogens with zero attached hydrogens (tertiary/aromatic N) is 1. The molecule has 59 heavy (non-hydrogen) atoms. The summed E-state index contributed by atoms with van der Waals surface area (Å²) in [6.45, 7) is 9.85. The average Bonchev–Trinajstić information content (AvgIpc) is 3.19. The van der Waals surface area contributed by atoms with E-state index in [4.69, 9.17) is 29.4 Å². The van der Waals surface area contributed by atoms with E-state index in [-0.39, 0.29) is 55.1 Å². The molecule has 7 atom stereocenters. The second kappa shape index (κ2) is 24.4. The molecule has 2 aliphatic heterocycles. The van der Waals surface area contributed by atoms with Crippen LogP contribution in [0.2, 0.25) is 0 Å². The van der Waals surface area contributed by atoms with E-state index < -0.39 is 72.6 Å². The van der Waals surface area contributed by atoms with Crippen LogP contribution in [-0.2, 0) is 49.5 Å². The lowest BCUT2D eigenvalue weighted by atomic mass is 9.99. The number of nitrogens with two attached hydrogens (primary N) is 1. The average molecular weight is 841 g/mol. The molecule has 0 unspecified atom stereocenters. The summed E-state index contributed by atoms with van der Waals surface area (Å²) in [5.41, 5.74) is 5.26. The summed E-state index contributed by atoms with van der Waals surface area (Å²) in [5.74, 6) is -3.87. The molecule has 21 heteroatoms. The Hall–Kier alpha value is -4.64. The van der Waals surface area contributed by atoms with Gasteiger partial charge in [-0.1, -0.05) is 26.8 Å². The quantitative estimate of drug-likeness (QED) is 0.0594. The van der Waals surface area contributed by atoms with E-state index in [0.717, 1.165) is 32.4 Å². The molecule has 2 heterocycles. The van der Waals surface area contributed by atoms with E-state index in [1.807, 2.05) is 11.8 Å². The maximum Gasteiger partial charge on any atom is 0.404 e. The van der Waals surface area contributed by atoms with Crippen molar-refractivity contribution >= 4 is 41.4 Å². The predicted octanol–water partition coefficient (Wildman–Crippen LogP) is -1.06. The molecule has 0 aliphatic carbocycles. The third-order valence-electron chi connectivity index (χ3n) is 9.60. The number of carbonyl (C=O) groups excluding carboxylic acids is 5. The van der Waals surface area contributed by atoms with Gasteiger partial charge in [-0.25, -0.2) is 9.59 Å². The van der Waals surface area contributed by atoms with E-state index >= 15 is 0 Å². The van der Waals surface area contributed by atoms with Crippen molar-refractivity contribution in [3.8, 4) is 5.75 Å². The molecule has 3 rings (SSSR count). The fourth-order valence-corrected chi connectivity index (χ4v) is 6.20. The fraction of sp³-hybridized carbons (Fsp3) is 0.684. The van der Waals surface area contributed by atoms with Crippen molar-refractivity contribution in [1.29, 1.82) is 0 Å². The molecule has 0 radical (unpaired) electrons. The van der Waals surface area contributed by atoms with Crippen LogP contribution in [0.5, 0.6) is 5.75 Å². The number of benzene rings is 1. The van der Waals surface area contributed by atoms with E-state index in [2.05, 4.69) is 21.3 Å². The molecule has 1 aromatic rings. The lowest BCUT2D eigenvalue weighted by molar-refractivity contribution is -0.271. The Balaban J connectivity index is 1.45. The summed E-state index contributed by atoms with van der Waals surface area (Å²) < 4.78 is 26.8. The van der Waals surface area contributed by atoms with E-state index in [1.54, 1.807) is 13.8 Å². The van der Waals surface area contributed by atoms with Gasteiger partial charge in [-0.2, -0.15) is 0 Å². The number of amides is 5. The van der Waals surface area contributed by atoms with Crippen molar-refractivity contribution in [2.24, 2.45) is 11.7 Å². The number of nitrogens with one attached hydrogen (secondary N) is 4. The number of anilines is 1. The first-order chi connectivity index (χ1) is 28.0. The van der Waals surface area contributed by atoms with E-state index in [1.165, 1.54) is 25.1 Å². The predicted molar refractivity (Wildman–Crippen MR) is 208 cm³/mol. The molecule has 0 bridgehead atoms. The van der Waals surface area contributed by atoms with E-state index in [0.29, 0.717) is 32.2 Å². The maximum absolute atomic E-state index is 13.3. The minimum Gasteiger partial charge on any atom is -0.479 e. The van der Waals surface area contributed by atoms with Crippen LogP contribution in [-0.4, -0.2) is 156 Å². The van der Waals surface area contributed by atoms with Gasteiger partial charge < -0.3 is 76.0 Å². The second-order valence-corrected chi connectivity index (χ2v) is 14.6. The van der Waals surface area contributed by atoms with Gasteiger partial charge in [0, 0.05) is 38.5 Å². The molecule has 1 aromatic carbocycles. The molecular formula is C38H60N6O15. The zero-order chi connectivity index (χ0) is 43.6. The Morgan fingerprint density at radius 2 is 1.58 bits per heavy atom.